The average molecular weight is 507 g/mol. The zero-order valence-electron chi connectivity index (χ0n) is 20.1. The third kappa shape index (κ3) is 3.55. The summed E-state index contributed by atoms with van der Waals surface area (Å²) < 4.78 is 14.3. The number of carbonyl (C=O) groups is 1. The first-order chi connectivity index (χ1) is 18.7. The maximum absolute atomic E-state index is 14.0. The summed E-state index contributed by atoms with van der Waals surface area (Å²) >= 11 is 0. The van der Waals surface area contributed by atoms with Crippen LogP contribution in [0.3, 0.4) is 0 Å². The summed E-state index contributed by atoms with van der Waals surface area (Å²) in [7, 11) is 0. The minimum absolute atomic E-state index is 0.116. The van der Waals surface area contributed by atoms with Crippen molar-refractivity contribution in [3.05, 3.63) is 90.3 Å². The Morgan fingerprint density at radius 3 is 2.71 bits per heavy atom. The molecule has 6 aromatic rings. The van der Waals surface area contributed by atoms with E-state index < -0.39 is 6.04 Å². The van der Waals surface area contributed by atoms with E-state index in [2.05, 4.69) is 25.5 Å². The lowest BCUT2D eigenvalue weighted by Crippen LogP contribution is -2.38. The highest BCUT2D eigenvalue weighted by Gasteiger charge is 2.31. The number of amides is 1. The smallest absolute Gasteiger partial charge is 0.250 e. The number of hydrogen-bond donors (Lipinski definition) is 2. The van der Waals surface area contributed by atoms with E-state index in [-0.39, 0.29) is 17.9 Å². The third-order valence-corrected chi connectivity index (χ3v) is 6.68. The number of nitrogens with zero attached hydrogens (tertiary/aromatic N) is 6. The van der Waals surface area contributed by atoms with Gasteiger partial charge in [-0.3, -0.25) is 4.79 Å². The van der Waals surface area contributed by atoms with Crippen LogP contribution >= 0.6 is 0 Å². The van der Waals surface area contributed by atoms with Crippen molar-refractivity contribution in [1.29, 1.82) is 0 Å². The maximum Gasteiger partial charge on any atom is 0.250 e. The molecule has 0 saturated carbocycles. The number of furan rings is 1. The van der Waals surface area contributed by atoms with Crippen LogP contribution in [-0.4, -0.2) is 41.9 Å². The number of para-hydroxylation sites is 1. The first-order valence-electron chi connectivity index (χ1n) is 12.2. The Bertz CT molecular complexity index is 1770. The second-order valence-corrected chi connectivity index (χ2v) is 8.99. The quantitative estimate of drug-likeness (QED) is 0.362. The number of rotatable bonds is 5. The van der Waals surface area contributed by atoms with Gasteiger partial charge in [-0.1, -0.05) is 48.5 Å². The van der Waals surface area contributed by atoms with E-state index in [1.807, 2.05) is 54.6 Å². The number of nitrogens with two attached hydrogens (primary N) is 1. The number of hydrogen-bond acceptors (Lipinski definition) is 8. The number of anilines is 1. The van der Waals surface area contributed by atoms with Crippen molar-refractivity contribution in [2.24, 2.45) is 0 Å². The van der Waals surface area contributed by atoms with Gasteiger partial charge in [-0.25, -0.2) is 9.67 Å². The number of nitrogens with one attached hydrogen (secondary N) is 1. The number of aromatic nitrogens is 6. The Morgan fingerprint density at radius 2 is 1.87 bits per heavy atom. The minimum Gasteiger partial charge on any atom is -0.493 e. The van der Waals surface area contributed by atoms with Crippen LogP contribution in [0.15, 0.2) is 83.6 Å². The average Bonchev–Trinajstić information content (AvgIpc) is 3.70. The number of ether oxygens (including phenoxy) is 1. The molecular formula is C27H22N8O3. The van der Waals surface area contributed by atoms with E-state index >= 15 is 0 Å². The molecule has 11 heteroatoms. The van der Waals surface area contributed by atoms with E-state index in [1.165, 1.54) is 4.52 Å². The first-order valence-corrected chi connectivity index (χ1v) is 12.2. The summed E-state index contributed by atoms with van der Waals surface area (Å²) in [5.41, 5.74) is 8.89. The largest absolute Gasteiger partial charge is 0.493 e. The predicted octanol–water partition coefficient (Wildman–Crippen LogP) is 3.55. The van der Waals surface area contributed by atoms with E-state index in [1.54, 1.807) is 29.3 Å². The van der Waals surface area contributed by atoms with Gasteiger partial charge in [0.2, 0.25) is 17.7 Å². The molecular weight excluding hydrogens is 484 g/mol. The van der Waals surface area contributed by atoms with Crippen molar-refractivity contribution in [3.8, 4) is 17.3 Å². The molecule has 188 valence electrons. The normalized spacial score (nSPS) is 15.7. The van der Waals surface area contributed by atoms with Crippen LogP contribution in [0.25, 0.3) is 28.3 Å². The fourth-order valence-corrected chi connectivity index (χ4v) is 4.91. The zero-order valence-corrected chi connectivity index (χ0v) is 20.1. The van der Waals surface area contributed by atoms with Gasteiger partial charge in [0.05, 0.1) is 30.5 Å². The monoisotopic (exact) mass is 506 g/mol. The molecule has 0 radical (unpaired) electrons. The van der Waals surface area contributed by atoms with Gasteiger partial charge < -0.3 is 20.2 Å². The summed E-state index contributed by atoms with van der Waals surface area (Å²) in [4.78, 5) is 23.2. The summed E-state index contributed by atoms with van der Waals surface area (Å²) in [6.45, 7) is 0.517. The fraction of sp³-hybridized carbons (Fsp3) is 0.148. The highest BCUT2D eigenvalue weighted by molar-refractivity contribution is 5.92. The summed E-state index contributed by atoms with van der Waals surface area (Å²) in [6.07, 6.45) is 3.84. The molecule has 2 atom stereocenters. The van der Waals surface area contributed by atoms with E-state index in [0.29, 0.717) is 41.3 Å². The number of fused-ring (bicyclic) bond motifs is 4. The maximum atomic E-state index is 14.0. The standard InChI is InChI=1S/C27H22N8O3/c28-27-32-25-18(24-31-23(33-35(24)27)21-11-6-13-37-21)15-29-34(25)22(16-7-2-1-3-8-16)26(36)30-19-12-14-38-20-10-5-4-9-17(19)20/h1-11,13,15,19,22H,12,14H2,(H2,28,32)(H,30,36)/t19-,22?/m1/s1. The molecule has 1 unspecified atom stereocenters. The SMILES string of the molecule is Nc1nc2c(cnn2C(C(=O)N[C@@H]2CCOc3ccccc32)c2ccccc2)c2nc(-c3ccco3)nn12. The second kappa shape index (κ2) is 8.73. The molecule has 38 heavy (non-hydrogen) atoms. The topological polar surface area (TPSA) is 138 Å². The molecule has 3 N–H and O–H groups in total. The lowest BCUT2D eigenvalue weighted by atomic mass is 9.99. The molecule has 1 aliphatic heterocycles. The van der Waals surface area contributed by atoms with Gasteiger partial charge in [0, 0.05) is 12.0 Å². The lowest BCUT2D eigenvalue weighted by molar-refractivity contribution is -0.124. The Morgan fingerprint density at radius 1 is 1.03 bits per heavy atom. The van der Waals surface area contributed by atoms with Crippen molar-refractivity contribution in [2.75, 3.05) is 12.3 Å². The van der Waals surface area contributed by atoms with Gasteiger partial charge in [0.1, 0.15) is 5.75 Å². The molecule has 0 spiro atoms. The van der Waals surface area contributed by atoms with Crippen molar-refractivity contribution in [2.45, 2.75) is 18.5 Å². The van der Waals surface area contributed by atoms with Crippen molar-refractivity contribution in [3.63, 3.8) is 0 Å². The van der Waals surface area contributed by atoms with Gasteiger partial charge in [-0.05, 0) is 23.8 Å². The summed E-state index contributed by atoms with van der Waals surface area (Å²) in [5, 5.41) is 12.9. The van der Waals surface area contributed by atoms with Gasteiger partial charge in [0.25, 0.3) is 0 Å². The fourth-order valence-electron chi connectivity index (χ4n) is 4.91. The molecule has 11 nitrogen and oxygen atoms in total. The van der Waals surface area contributed by atoms with Crippen LogP contribution in [-0.2, 0) is 4.79 Å². The van der Waals surface area contributed by atoms with Crippen LogP contribution in [0.1, 0.15) is 29.6 Å². The van der Waals surface area contributed by atoms with Gasteiger partial charge in [-0.2, -0.15) is 14.6 Å². The van der Waals surface area contributed by atoms with Gasteiger partial charge in [0.15, 0.2) is 23.1 Å². The molecule has 5 heterocycles. The Labute approximate surface area is 215 Å². The molecule has 0 saturated heterocycles. The molecule has 2 aromatic carbocycles. The second-order valence-electron chi connectivity index (χ2n) is 8.99. The van der Waals surface area contributed by atoms with E-state index in [4.69, 9.17) is 14.9 Å². The van der Waals surface area contributed by atoms with Crippen molar-refractivity contribution in [1.82, 2.24) is 34.7 Å². The molecule has 0 fully saturated rings. The van der Waals surface area contributed by atoms with Gasteiger partial charge in [-0.15, -0.1) is 5.10 Å². The van der Waals surface area contributed by atoms with Crippen molar-refractivity contribution >= 4 is 28.5 Å². The molecule has 1 aliphatic rings. The van der Waals surface area contributed by atoms with E-state index in [0.717, 1.165) is 16.9 Å². The zero-order chi connectivity index (χ0) is 25.6. The first kappa shape index (κ1) is 22.0. The highest BCUT2D eigenvalue weighted by Crippen LogP contribution is 2.33. The summed E-state index contributed by atoms with van der Waals surface area (Å²) in [5.74, 6) is 1.55. The number of nitrogen functional groups attached to an aromatic ring is 1. The molecule has 4 aromatic heterocycles. The lowest BCUT2D eigenvalue weighted by Gasteiger charge is -2.28. The number of carbonyl (C=O) groups excluding carboxylic acids is 1. The summed E-state index contributed by atoms with van der Waals surface area (Å²) in [6, 6.07) is 19.7. The van der Waals surface area contributed by atoms with Crippen LogP contribution in [0.2, 0.25) is 0 Å². The van der Waals surface area contributed by atoms with Crippen LogP contribution < -0.4 is 15.8 Å². The predicted molar refractivity (Wildman–Crippen MR) is 138 cm³/mol. The van der Waals surface area contributed by atoms with Crippen molar-refractivity contribution < 1.29 is 13.9 Å². The Balaban J connectivity index is 1.33. The minimum atomic E-state index is -0.800. The number of benzene rings is 2. The Kier molecular flexibility index (Phi) is 5.06. The van der Waals surface area contributed by atoms with Crippen LogP contribution in [0, 0.1) is 0 Å². The Hall–Kier alpha value is -5.19. The molecule has 0 bridgehead atoms. The van der Waals surface area contributed by atoms with Crippen LogP contribution in [0.5, 0.6) is 5.75 Å². The molecule has 1 amide bonds. The third-order valence-electron chi connectivity index (χ3n) is 6.68. The highest BCUT2D eigenvalue weighted by atomic mass is 16.5. The van der Waals surface area contributed by atoms with Gasteiger partial charge >= 0.3 is 0 Å². The molecule has 7 rings (SSSR count). The van der Waals surface area contributed by atoms with Crippen LogP contribution in [0.4, 0.5) is 5.95 Å². The van der Waals surface area contributed by atoms with E-state index in [9.17, 15) is 4.79 Å². The molecule has 0 aliphatic carbocycles.